The molecule has 0 aliphatic carbocycles. The van der Waals surface area contributed by atoms with E-state index in [1.807, 2.05) is 16.8 Å². The Labute approximate surface area is 111 Å². The molecule has 4 rings (SSSR count). The molecule has 2 atom stereocenters. The number of aromatic nitrogens is 4. The number of hydrogen-bond acceptors (Lipinski definition) is 5. The van der Waals surface area contributed by atoms with E-state index in [9.17, 15) is 0 Å². The van der Waals surface area contributed by atoms with Gasteiger partial charge in [0.15, 0.2) is 5.82 Å². The van der Waals surface area contributed by atoms with Crippen molar-refractivity contribution >= 4 is 11.5 Å². The van der Waals surface area contributed by atoms with Gasteiger partial charge in [-0.1, -0.05) is 0 Å². The summed E-state index contributed by atoms with van der Waals surface area (Å²) in [5.74, 6) is 0.936. The predicted molar refractivity (Wildman–Crippen MR) is 72.2 cm³/mol. The van der Waals surface area contributed by atoms with Crippen molar-refractivity contribution in [3.63, 3.8) is 0 Å². The summed E-state index contributed by atoms with van der Waals surface area (Å²) in [6, 6.07) is 1.92. The number of piperidine rings is 1. The maximum atomic E-state index is 4.51. The van der Waals surface area contributed by atoms with Crippen molar-refractivity contribution in [2.75, 3.05) is 11.9 Å². The van der Waals surface area contributed by atoms with E-state index in [0.29, 0.717) is 18.1 Å². The second-order valence-corrected chi connectivity index (χ2v) is 5.69. The summed E-state index contributed by atoms with van der Waals surface area (Å²) in [6.45, 7) is 0. The van der Waals surface area contributed by atoms with Gasteiger partial charge < -0.3 is 10.2 Å². The molecule has 2 aromatic heterocycles. The molecule has 2 aliphatic heterocycles. The minimum Gasteiger partial charge on any atom is -0.353 e. The average Bonchev–Trinajstić information content (AvgIpc) is 3.04. The van der Waals surface area contributed by atoms with Crippen molar-refractivity contribution in [1.82, 2.24) is 24.9 Å². The molecule has 4 heterocycles. The Bertz CT molecular complexity index is 582. The first-order valence-corrected chi connectivity index (χ1v) is 6.94. The van der Waals surface area contributed by atoms with Crippen LogP contribution in [0.25, 0.3) is 5.65 Å². The standard InChI is InChI=1S/C13H18N6/c1-18(11-6-9-2-3-10(7-11)16-9)12-13-17-15-8-19(13)5-4-14-12/h4-5,8-11,16H,2-3,6-7H2,1H3. The minimum absolute atomic E-state index is 0.550. The van der Waals surface area contributed by atoms with Crippen LogP contribution in [0.4, 0.5) is 5.82 Å². The molecule has 0 aromatic carbocycles. The summed E-state index contributed by atoms with van der Waals surface area (Å²) in [6.07, 6.45) is 10.5. The Morgan fingerprint density at radius 3 is 2.89 bits per heavy atom. The van der Waals surface area contributed by atoms with Gasteiger partial charge in [0.25, 0.3) is 0 Å². The van der Waals surface area contributed by atoms with E-state index in [0.717, 1.165) is 11.5 Å². The average molecular weight is 258 g/mol. The summed E-state index contributed by atoms with van der Waals surface area (Å²) in [7, 11) is 2.13. The molecule has 0 amide bonds. The fourth-order valence-electron chi connectivity index (χ4n) is 3.51. The van der Waals surface area contributed by atoms with Crippen molar-refractivity contribution < 1.29 is 0 Å². The van der Waals surface area contributed by atoms with E-state index in [4.69, 9.17) is 0 Å². The Balaban J connectivity index is 1.66. The van der Waals surface area contributed by atoms with Gasteiger partial charge in [-0.05, 0) is 25.7 Å². The molecule has 0 spiro atoms. The van der Waals surface area contributed by atoms with Gasteiger partial charge in [0, 0.05) is 37.6 Å². The molecule has 2 aliphatic rings. The molecule has 0 saturated carbocycles. The van der Waals surface area contributed by atoms with Crippen LogP contribution in [0.5, 0.6) is 0 Å². The normalized spacial score (nSPS) is 29.8. The molecule has 19 heavy (non-hydrogen) atoms. The summed E-state index contributed by atoms with van der Waals surface area (Å²) in [5, 5.41) is 11.8. The van der Waals surface area contributed by atoms with Crippen LogP contribution in [0, 0.1) is 0 Å². The van der Waals surface area contributed by atoms with E-state index in [2.05, 4.69) is 32.4 Å². The maximum Gasteiger partial charge on any atom is 0.203 e. The highest BCUT2D eigenvalue weighted by atomic mass is 15.3. The molecule has 100 valence electrons. The van der Waals surface area contributed by atoms with Gasteiger partial charge in [0.05, 0.1) is 0 Å². The summed E-state index contributed by atoms with van der Waals surface area (Å²) < 4.78 is 1.93. The SMILES string of the molecule is CN(c1nccn2cnnc12)C1CC2CCC(C1)N2. The fraction of sp³-hybridized carbons (Fsp3) is 0.615. The van der Waals surface area contributed by atoms with Crippen molar-refractivity contribution in [3.05, 3.63) is 18.7 Å². The number of anilines is 1. The summed E-state index contributed by atoms with van der Waals surface area (Å²) in [4.78, 5) is 6.79. The number of rotatable bonds is 2. The Morgan fingerprint density at radius 1 is 1.32 bits per heavy atom. The van der Waals surface area contributed by atoms with Crippen LogP contribution in [0.1, 0.15) is 25.7 Å². The number of hydrogen-bond donors (Lipinski definition) is 1. The van der Waals surface area contributed by atoms with Crippen molar-refractivity contribution in [2.45, 2.75) is 43.8 Å². The van der Waals surface area contributed by atoms with E-state index in [-0.39, 0.29) is 0 Å². The molecule has 2 fully saturated rings. The van der Waals surface area contributed by atoms with Crippen molar-refractivity contribution in [2.24, 2.45) is 0 Å². The van der Waals surface area contributed by atoms with Crippen molar-refractivity contribution in [1.29, 1.82) is 0 Å². The first-order chi connectivity index (χ1) is 9.31. The third-order valence-corrected chi connectivity index (χ3v) is 4.53. The topological polar surface area (TPSA) is 58.4 Å². The molecule has 2 bridgehead atoms. The number of nitrogens with zero attached hydrogens (tertiary/aromatic N) is 5. The summed E-state index contributed by atoms with van der Waals surface area (Å²) in [5.41, 5.74) is 0.843. The van der Waals surface area contributed by atoms with Gasteiger partial charge in [-0.25, -0.2) is 4.98 Å². The lowest BCUT2D eigenvalue weighted by Gasteiger charge is -2.36. The van der Waals surface area contributed by atoms with Gasteiger partial charge in [-0.2, -0.15) is 0 Å². The highest BCUT2D eigenvalue weighted by Gasteiger charge is 2.35. The Kier molecular flexibility index (Phi) is 2.44. The van der Waals surface area contributed by atoms with Gasteiger partial charge in [-0.3, -0.25) is 4.40 Å². The number of fused-ring (bicyclic) bond motifs is 3. The molecule has 2 unspecified atom stereocenters. The van der Waals surface area contributed by atoms with Crippen LogP contribution in [-0.2, 0) is 0 Å². The zero-order valence-corrected chi connectivity index (χ0v) is 11.0. The molecule has 1 N–H and O–H groups in total. The lowest BCUT2D eigenvalue weighted by Crippen LogP contribution is -2.47. The van der Waals surface area contributed by atoms with Gasteiger partial charge in [0.2, 0.25) is 5.65 Å². The van der Waals surface area contributed by atoms with E-state index in [1.54, 1.807) is 6.33 Å². The smallest absolute Gasteiger partial charge is 0.203 e. The molecule has 0 radical (unpaired) electrons. The second kappa shape index (κ2) is 4.16. The predicted octanol–water partition coefficient (Wildman–Crippen LogP) is 0.843. The first kappa shape index (κ1) is 11.2. The highest BCUT2D eigenvalue weighted by molar-refractivity contribution is 5.63. The Morgan fingerprint density at radius 2 is 2.11 bits per heavy atom. The zero-order chi connectivity index (χ0) is 12.8. The monoisotopic (exact) mass is 258 g/mol. The van der Waals surface area contributed by atoms with Gasteiger partial charge in [0.1, 0.15) is 6.33 Å². The highest BCUT2D eigenvalue weighted by Crippen LogP contribution is 2.31. The lowest BCUT2D eigenvalue weighted by molar-refractivity contribution is 0.354. The molecule has 6 heteroatoms. The first-order valence-electron chi connectivity index (χ1n) is 6.94. The Hall–Kier alpha value is -1.69. The minimum atomic E-state index is 0.550. The maximum absolute atomic E-state index is 4.51. The van der Waals surface area contributed by atoms with Crippen LogP contribution in [0.2, 0.25) is 0 Å². The van der Waals surface area contributed by atoms with Crippen molar-refractivity contribution in [3.8, 4) is 0 Å². The van der Waals surface area contributed by atoms with Gasteiger partial charge >= 0.3 is 0 Å². The summed E-state index contributed by atoms with van der Waals surface area (Å²) >= 11 is 0. The molecule has 6 nitrogen and oxygen atoms in total. The number of nitrogens with one attached hydrogen (secondary N) is 1. The second-order valence-electron chi connectivity index (χ2n) is 5.69. The van der Waals surface area contributed by atoms with Gasteiger partial charge in [-0.15, -0.1) is 10.2 Å². The quantitative estimate of drug-likeness (QED) is 0.865. The lowest BCUT2D eigenvalue weighted by atomic mass is 9.98. The fourth-order valence-corrected chi connectivity index (χ4v) is 3.51. The van der Waals surface area contributed by atoms with Crippen LogP contribution in [0.3, 0.4) is 0 Å². The van der Waals surface area contributed by atoms with Crippen LogP contribution >= 0.6 is 0 Å². The molecular formula is C13H18N6. The largest absolute Gasteiger partial charge is 0.353 e. The zero-order valence-electron chi connectivity index (χ0n) is 11.0. The van der Waals surface area contributed by atoms with E-state index < -0.39 is 0 Å². The van der Waals surface area contributed by atoms with E-state index in [1.165, 1.54) is 25.7 Å². The molecule has 2 aromatic rings. The third kappa shape index (κ3) is 1.78. The van der Waals surface area contributed by atoms with Crippen LogP contribution in [0.15, 0.2) is 18.7 Å². The molecular weight excluding hydrogens is 240 g/mol. The van der Waals surface area contributed by atoms with Crippen LogP contribution in [-0.4, -0.2) is 44.8 Å². The molecule has 2 saturated heterocycles. The van der Waals surface area contributed by atoms with E-state index >= 15 is 0 Å². The third-order valence-electron chi connectivity index (χ3n) is 4.53. The van der Waals surface area contributed by atoms with Crippen LogP contribution < -0.4 is 10.2 Å².